The summed E-state index contributed by atoms with van der Waals surface area (Å²) in [5.41, 5.74) is 0.583. The lowest BCUT2D eigenvalue weighted by molar-refractivity contribution is -0.385. The molecule has 0 radical (unpaired) electrons. The second kappa shape index (κ2) is 5.96. The van der Waals surface area contributed by atoms with Crippen LogP contribution in [0.4, 0.5) is 5.69 Å². The summed E-state index contributed by atoms with van der Waals surface area (Å²) in [6.45, 7) is 0.363. The summed E-state index contributed by atoms with van der Waals surface area (Å²) in [4.78, 5) is 21.9. The Bertz CT molecular complexity index is 622. The lowest BCUT2D eigenvalue weighted by Crippen LogP contribution is -2.14. The Kier molecular flexibility index (Phi) is 4.09. The van der Waals surface area contributed by atoms with Crippen LogP contribution in [0.25, 0.3) is 0 Å². The Morgan fingerprint density at radius 1 is 1.40 bits per heavy atom. The van der Waals surface area contributed by atoms with Crippen molar-refractivity contribution in [3.63, 3.8) is 0 Å². The van der Waals surface area contributed by atoms with E-state index in [2.05, 4.69) is 9.84 Å². The molecular weight excluding hydrogens is 262 g/mol. The number of hydrogen-bond acceptors (Lipinski definition) is 5. The summed E-state index contributed by atoms with van der Waals surface area (Å²) >= 11 is 0. The molecule has 20 heavy (non-hydrogen) atoms. The first-order valence-electron chi connectivity index (χ1n) is 5.96. The van der Waals surface area contributed by atoms with E-state index in [4.69, 9.17) is 0 Å². The average Bonchev–Trinajstić information content (AvgIpc) is 2.89. The van der Waals surface area contributed by atoms with Crippen LogP contribution in [0.3, 0.4) is 0 Å². The molecule has 1 aromatic heterocycles. The average molecular weight is 275 g/mol. The summed E-state index contributed by atoms with van der Waals surface area (Å²) in [6.07, 6.45) is 1.68. The molecule has 1 heterocycles. The van der Waals surface area contributed by atoms with Crippen molar-refractivity contribution in [3.05, 3.63) is 57.9 Å². The maximum Gasteiger partial charge on any atom is 0.363 e. The zero-order chi connectivity index (χ0) is 14.5. The van der Waals surface area contributed by atoms with Gasteiger partial charge in [0.1, 0.15) is 6.20 Å². The van der Waals surface area contributed by atoms with E-state index in [-0.39, 0.29) is 11.4 Å². The maximum atomic E-state index is 11.6. The van der Waals surface area contributed by atoms with Gasteiger partial charge in [0.25, 0.3) is 0 Å². The Morgan fingerprint density at radius 2 is 2.10 bits per heavy atom. The van der Waals surface area contributed by atoms with Crippen molar-refractivity contribution >= 4 is 11.7 Å². The molecule has 1 aromatic carbocycles. The molecule has 0 aliphatic heterocycles. The first-order valence-corrected chi connectivity index (χ1v) is 5.96. The van der Waals surface area contributed by atoms with Crippen molar-refractivity contribution in [3.8, 4) is 0 Å². The number of methoxy groups -OCH3 is 1. The molecule has 0 saturated heterocycles. The number of carbonyl (C=O) groups is 1. The van der Waals surface area contributed by atoms with Gasteiger partial charge in [-0.25, -0.2) is 4.79 Å². The van der Waals surface area contributed by atoms with E-state index in [0.29, 0.717) is 13.0 Å². The number of carbonyl (C=O) groups excluding carboxylic acids is 1. The minimum atomic E-state index is -0.762. The van der Waals surface area contributed by atoms with Gasteiger partial charge in [0.05, 0.1) is 12.0 Å². The van der Waals surface area contributed by atoms with Crippen molar-refractivity contribution in [1.82, 2.24) is 9.78 Å². The van der Waals surface area contributed by atoms with Crippen LogP contribution in [0.2, 0.25) is 0 Å². The predicted octanol–water partition coefficient (Wildman–Crippen LogP) is 1.82. The molecule has 0 unspecified atom stereocenters. The Balaban J connectivity index is 2.23. The maximum absolute atomic E-state index is 11.6. The van der Waals surface area contributed by atoms with Gasteiger partial charge in [-0.05, 0) is 12.0 Å². The van der Waals surface area contributed by atoms with Crippen LogP contribution in [0, 0.1) is 10.1 Å². The summed E-state index contributed by atoms with van der Waals surface area (Å²) in [5.74, 6) is -0.762. The summed E-state index contributed by atoms with van der Waals surface area (Å²) < 4.78 is 5.88. The molecule has 0 N–H and O–H groups in total. The fourth-order valence-corrected chi connectivity index (χ4v) is 1.86. The van der Waals surface area contributed by atoms with E-state index in [1.165, 1.54) is 11.8 Å². The van der Waals surface area contributed by atoms with Crippen molar-refractivity contribution in [2.45, 2.75) is 13.0 Å². The second-order valence-electron chi connectivity index (χ2n) is 4.09. The fourth-order valence-electron chi connectivity index (χ4n) is 1.86. The number of esters is 1. The van der Waals surface area contributed by atoms with E-state index in [0.717, 1.165) is 11.8 Å². The van der Waals surface area contributed by atoms with Gasteiger partial charge in [0.15, 0.2) is 0 Å². The number of nitro groups is 1. The van der Waals surface area contributed by atoms with E-state index in [9.17, 15) is 14.9 Å². The van der Waals surface area contributed by atoms with Crippen LogP contribution in [-0.2, 0) is 17.7 Å². The highest BCUT2D eigenvalue weighted by molar-refractivity contribution is 5.91. The third-order valence-corrected chi connectivity index (χ3v) is 2.85. The van der Waals surface area contributed by atoms with Gasteiger partial charge in [-0.15, -0.1) is 0 Å². The number of aromatic nitrogens is 2. The molecule has 0 saturated carbocycles. The summed E-state index contributed by atoms with van der Waals surface area (Å²) in [7, 11) is 1.18. The number of ether oxygens (including phenoxy) is 1. The largest absolute Gasteiger partial charge is 0.464 e. The first kappa shape index (κ1) is 13.7. The van der Waals surface area contributed by atoms with Gasteiger partial charge >= 0.3 is 11.7 Å². The zero-order valence-electron chi connectivity index (χ0n) is 10.9. The van der Waals surface area contributed by atoms with Crippen molar-refractivity contribution in [2.24, 2.45) is 0 Å². The monoisotopic (exact) mass is 275 g/mol. The zero-order valence-corrected chi connectivity index (χ0v) is 10.9. The molecule has 0 spiro atoms. The molecule has 0 aliphatic carbocycles. The van der Waals surface area contributed by atoms with Gasteiger partial charge < -0.3 is 4.74 Å². The highest BCUT2D eigenvalue weighted by atomic mass is 16.6. The van der Waals surface area contributed by atoms with Crippen molar-refractivity contribution in [1.29, 1.82) is 0 Å². The topological polar surface area (TPSA) is 87.3 Å². The minimum absolute atomic E-state index is 0.131. The normalized spacial score (nSPS) is 10.2. The molecule has 104 valence electrons. The number of hydrogen-bond donors (Lipinski definition) is 0. The Labute approximate surface area is 114 Å². The fraction of sp³-hybridized carbons (Fsp3) is 0.231. The SMILES string of the molecule is COC(=O)c1c([N+](=O)[O-])cnn1CCc1ccccc1. The van der Waals surface area contributed by atoms with E-state index in [1.807, 2.05) is 30.3 Å². The number of nitrogens with zero attached hydrogens (tertiary/aromatic N) is 3. The van der Waals surface area contributed by atoms with Gasteiger partial charge in [-0.2, -0.15) is 5.10 Å². The van der Waals surface area contributed by atoms with Crippen LogP contribution in [-0.4, -0.2) is 27.8 Å². The predicted molar refractivity (Wildman–Crippen MR) is 70.4 cm³/mol. The number of benzene rings is 1. The lowest BCUT2D eigenvalue weighted by atomic mass is 10.1. The molecule has 0 bridgehead atoms. The van der Waals surface area contributed by atoms with Crippen molar-refractivity contribution < 1.29 is 14.5 Å². The summed E-state index contributed by atoms with van der Waals surface area (Å²) in [5, 5.41) is 14.8. The number of aryl methyl sites for hydroxylation is 2. The number of rotatable bonds is 5. The highest BCUT2D eigenvalue weighted by Gasteiger charge is 2.27. The molecule has 7 heteroatoms. The smallest absolute Gasteiger partial charge is 0.363 e. The van der Waals surface area contributed by atoms with Crippen LogP contribution >= 0.6 is 0 Å². The molecule has 2 aromatic rings. The Morgan fingerprint density at radius 3 is 2.70 bits per heavy atom. The molecule has 0 fully saturated rings. The third-order valence-electron chi connectivity index (χ3n) is 2.85. The van der Waals surface area contributed by atoms with Crippen LogP contribution < -0.4 is 0 Å². The van der Waals surface area contributed by atoms with Crippen molar-refractivity contribution in [2.75, 3.05) is 7.11 Å². The molecule has 0 aliphatic rings. The van der Waals surface area contributed by atoms with Gasteiger partial charge in [0.2, 0.25) is 5.69 Å². The third kappa shape index (κ3) is 2.82. The Hall–Kier alpha value is -2.70. The van der Waals surface area contributed by atoms with Crippen LogP contribution in [0.15, 0.2) is 36.5 Å². The molecule has 2 rings (SSSR count). The second-order valence-corrected chi connectivity index (χ2v) is 4.09. The molecule has 0 atom stereocenters. The molecule has 0 amide bonds. The first-order chi connectivity index (χ1) is 9.63. The highest BCUT2D eigenvalue weighted by Crippen LogP contribution is 2.19. The van der Waals surface area contributed by atoms with Gasteiger partial charge in [-0.1, -0.05) is 30.3 Å². The summed E-state index contributed by atoms with van der Waals surface area (Å²) in [6, 6.07) is 9.60. The minimum Gasteiger partial charge on any atom is -0.464 e. The van der Waals surface area contributed by atoms with Gasteiger partial charge in [0, 0.05) is 6.54 Å². The lowest BCUT2D eigenvalue weighted by Gasteiger charge is -2.05. The molecule has 7 nitrogen and oxygen atoms in total. The van der Waals surface area contributed by atoms with E-state index >= 15 is 0 Å². The van der Waals surface area contributed by atoms with Crippen LogP contribution in [0.5, 0.6) is 0 Å². The van der Waals surface area contributed by atoms with Crippen LogP contribution in [0.1, 0.15) is 16.1 Å². The van der Waals surface area contributed by atoms with E-state index < -0.39 is 10.9 Å². The standard InChI is InChI=1S/C13H13N3O4/c1-20-13(17)12-11(16(18)19)9-14-15(12)8-7-10-5-3-2-4-6-10/h2-6,9H,7-8H2,1H3. The van der Waals surface area contributed by atoms with Gasteiger partial charge in [-0.3, -0.25) is 14.8 Å². The molecular formula is C13H13N3O4. The van der Waals surface area contributed by atoms with E-state index in [1.54, 1.807) is 0 Å². The quantitative estimate of drug-likeness (QED) is 0.472.